The summed E-state index contributed by atoms with van der Waals surface area (Å²) >= 11 is 0.884. The van der Waals surface area contributed by atoms with Gasteiger partial charge in [0, 0.05) is 10.9 Å². The average molecular weight is 531 g/mol. The summed E-state index contributed by atoms with van der Waals surface area (Å²) in [6, 6.07) is 18.5. The maximum atomic E-state index is 13.5. The number of aromatic nitrogens is 1. The van der Waals surface area contributed by atoms with Gasteiger partial charge in [0.1, 0.15) is 24.8 Å². The Labute approximate surface area is 221 Å². The monoisotopic (exact) mass is 530 g/mol. The molecule has 7 nitrogen and oxygen atoms in total. The van der Waals surface area contributed by atoms with Gasteiger partial charge in [-0.05, 0) is 90.8 Å². The van der Waals surface area contributed by atoms with Gasteiger partial charge < -0.3 is 14.5 Å². The van der Waals surface area contributed by atoms with Gasteiger partial charge in [0.25, 0.3) is 11.1 Å². The second-order valence-electron chi connectivity index (χ2n) is 8.73. The fraction of sp³-hybridized carbons (Fsp3) is 0.138. The number of allylic oxidation sites excluding steroid dienone is 1. The third-order valence-corrected chi connectivity index (χ3v) is 7.07. The van der Waals surface area contributed by atoms with Crippen molar-refractivity contribution >= 4 is 39.4 Å². The number of aryl methyl sites for hydroxylation is 1. The van der Waals surface area contributed by atoms with E-state index in [2.05, 4.69) is 10.3 Å². The number of amides is 2. The molecule has 2 heterocycles. The predicted molar refractivity (Wildman–Crippen MR) is 146 cm³/mol. The van der Waals surface area contributed by atoms with Crippen LogP contribution in [0.2, 0.25) is 0 Å². The molecule has 0 saturated carbocycles. The molecule has 1 aromatic heterocycles. The smallest absolute Gasteiger partial charge is 0.290 e. The van der Waals surface area contributed by atoms with E-state index < -0.39 is 5.91 Å². The first-order valence-electron chi connectivity index (χ1n) is 11.8. The van der Waals surface area contributed by atoms with E-state index in [1.54, 1.807) is 49.4 Å². The van der Waals surface area contributed by atoms with Crippen molar-refractivity contribution < 1.29 is 23.5 Å². The van der Waals surface area contributed by atoms with Gasteiger partial charge in [-0.15, -0.1) is 0 Å². The normalized spacial score (nSPS) is 14.5. The molecule has 0 unspecified atom stereocenters. The van der Waals surface area contributed by atoms with E-state index in [1.165, 1.54) is 12.1 Å². The van der Waals surface area contributed by atoms with E-state index >= 15 is 0 Å². The van der Waals surface area contributed by atoms with Gasteiger partial charge in [0.05, 0.1) is 16.1 Å². The summed E-state index contributed by atoms with van der Waals surface area (Å²) in [4.78, 5) is 40.3. The van der Waals surface area contributed by atoms with Crippen LogP contribution in [0.15, 0.2) is 76.4 Å². The van der Waals surface area contributed by atoms with Crippen LogP contribution >= 0.6 is 11.8 Å². The van der Waals surface area contributed by atoms with E-state index in [0.29, 0.717) is 38.4 Å². The van der Waals surface area contributed by atoms with Gasteiger partial charge in [-0.3, -0.25) is 19.7 Å². The highest BCUT2D eigenvalue weighted by Crippen LogP contribution is 2.32. The summed E-state index contributed by atoms with van der Waals surface area (Å²) in [5.74, 6) is -0.0546. The Kier molecular flexibility index (Phi) is 7.02. The van der Waals surface area contributed by atoms with Crippen molar-refractivity contribution in [3.63, 3.8) is 0 Å². The lowest BCUT2D eigenvalue weighted by atomic mass is 10.1. The van der Waals surface area contributed by atoms with Gasteiger partial charge in [0.2, 0.25) is 5.43 Å². The zero-order chi connectivity index (χ0) is 26.8. The summed E-state index contributed by atoms with van der Waals surface area (Å²) in [5, 5.41) is 2.37. The van der Waals surface area contributed by atoms with E-state index in [9.17, 15) is 18.8 Å². The molecule has 9 heteroatoms. The molecule has 38 heavy (non-hydrogen) atoms. The molecular weight excluding hydrogens is 507 g/mol. The van der Waals surface area contributed by atoms with Crippen LogP contribution in [0.3, 0.4) is 0 Å². The summed E-state index contributed by atoms with van der Waals surface area (Å²) < 4.78 is 25.2. The highest BCUT2D eigenvalue weighted by Gasteiger charge is 2.27. The Morgan fingerprint density at radius 3 is 2.32 bits per heavy atom. The van der Waals surface area contributed by atoms with Crippen LogP contribution in [0.25, 0.3) is 27.7 Å². The number of benzene rings is 3. The molecule has 4 aromatic rings. The molecule has 2 amide bonds. The van der Waals surface area contributed by atoms with Crippen LogP contribution < -0.4 is 20.2 Å². The number of halogens is 1. The number of thioether (sulfide) groups is 1. The molecule has 192 valence electrons. The van der Waals surface area contributed by atoms with Gasteiger partial charge in [-0.1, -0.05) is 18.2 Å². The van der Waals surface area contributed by atoms with Gasteiger partial charge in [-0.2, -0.15) is 0 Å². The molecule has 0 radical (unpaired) electrons. The summed E-state index contributed by atoms with van der Waals surface area (Å²) in [5.41, 5.74) is 3.98. The Balaban J connectivity index is 1.31. The molecule has 0 aliphatic carbocycles. The lowest BCUT2D eigenvalue weighted by molar-refractivity contribution is -0.115. The van der Waals surface area contributed by atoms with Crippen molar-refractivity contribution in [1.29, 1.82) is 0 Å². The standard InChI is InChI=1S/C29H23FN2O5S/c1-16-3-12-22-23(15-16)31-24(19-4-8-20(30)9-5-19)26(25(22)33)37-14-13-36-21-10-6-18(7-11-21)17(2)27-28(34)32-29(35)38-27/h3-12,15H,13-14H2,1-2H3,(H,31,33)(H,32,34,35). The summed E-state index contributed by atoms with van der Waals surface area (Å²) in [6.45, 7) is 3.98. The number of aromatic amines is 1. The lowest BCUT2D eigenvalue weighted by Gasteiger charge is -2.14. The Morgan fingerprint density at radius 2 is 1.63 bits per heavy atom. The molecule has 5 rings (SSSR count). The zero-order valence-corrected chi connectivity index (χ0v) is 21.4. The van der Waals surface area contributed by atoms with Crippen LogP contribution in [0.5, 0.6) is 11.5 Å². The van der Waals surface area contributed by atoms with Crippen LogP contribution in [0.4, 0.5) is 9.18 Å². The summed E-state index contributed by atoms with van der Waals surface area (Å²) in [6.07, 6.45) is 0. The number of fused-ring (bicyclic) bond motifs is 1. The third-order valence-electron chi connectivity index (χ3n) is 6.09. The van der Waals surface area contributed by atoms with E-state index in [-0.39, 0.29) is 35.4 Å². The molecule has 0 atom stereocenters. The maximum absolute atomic E-state index is 13.5. The van der Waals surface area contributed by atoms with E-state index in [4.69, 9.17) is 9.47 Å². The number of ether oxygens (including phenoxy) is 2. The highest BCUT2D eigenvalue weighted by atomic mass is 32.2. The minimum atomic E-state index is -0.395. The molecule has 2 N–H and O–H groups in total. The number of imide groups is 1. The number of H-pyrrole nitrogens is 1. The molecule has 1 aliphatic rings. The summed E-state index contributed by atoms with van der Waals surface area (Å²) in [7, 11) is 0. The topological polar surface area (TPSA) is 97.5 Å². The van der Waals surface area contributed by atoms with Gasteiger partial charge in [0.15, 0.2) is 5.75 Å². The van der Waals surface area contributed by atoms with E-state index in [0.717, 1.165) is 22.9 Å². The Bertz CT molecular complexity index is 1640. The van der Waals surface area contributed by atoms with Crippen molar-refractivity contribution in [2.75, 3.05) is 13.2 Å². The fourth-order valence-electron chi connectivity index (χ4n) is 4.14. The van der Waals surface area contributed by atoms with E-state index in [1.807, 2.05) is 19.1 Å². The zero-order valence-electron chi connectivity index (χ0n) is 20.6. The largest absolute Gasteiger partial charge is 0.490 e. The van der Waals surface area contributed by atoms with Crippen molar-refractivity contribution in [2.45, 2.75) is 13.8 Å². The van der Waals surface area contributed by atoms with Crippen molar-refractivity contribution in [3.05, 3.63) is 98.8 Å². The second-order valence-corrected chi connectivity index (χ2v) is 9.72. The first kappa shape index (κ1) is 25.3. The SMILES string of the molecule is CC(=C1SC(=O)NC1=O)c1ccc(OCCOc2c(-c3ccc(F)cc3)[nH]c3cc(C)ccc3c2=O)cc1. The third kappa shape index (κ3) is 5.19. The van der Waals surface area contributed by atoms with Crippen LogP contribution in [0, 0.1) is 12.7 Å². The lowest BCUT2D eigenvalue weighted by Crippen LogP contribution is -2.18. The molecule has 0 spiro atoms. The molecule has 1 aliphatic heterocycles. The first-order valence-corrected chi connectivity index (χ1v) is 12.6. The number of carbonyl (C=O) groups excluding carboxylic acids is 2. The second kappa shape index (κ2) is 10.5. The Morgan fingerprint density at radius 1 is 0.921 bits per heavy atom. The number of hydrogen-bond donors (Lipinski definition) is 2. The minimum Gasteiger partial charge on any atom is -0.490 e. The first-order chi connectivity index (χ1) is 18.3. The average Bonchev–Trinajstić information content (AvgIpc) is 3.25. The van der Waals surface area contributed by atoms with Crippen LogP contribution in [0.1, 0.15) is 18.1 Å². The maximum Gasteiger partial charge on any atom is 0.290 e. The highest BCUT2D eigenvalue weighted by molar-refractivity contribution is 8.18. The van der Waals surface area contributed by atoms with Crippen molar-refractivity contribution in [1.82, 2.24) is 10.3 Å². The van der Waals surface area contributed by atoms with Crippen LogP contribution in [-0.4, -0.2) is 29.3 Å². The number of hydrogen-bond acceptors (Lipinski definition) is 6. The van der Waals surface area contributed by atoms with Crippen LogP contribution in [-0.2, 0) is 4.79 Å². The molecule has 3 aromatic carbocycles. The fourth-order valence-corrected chi connectivity index (χ4v) is 4.88. The predicted octanol–water partition coefficient (Wildman–Crippen LogP) is 5.81. The molecular formula is C29H23FN2O5S. The quantitative estimate of drug-likeness (QED) is 0.231. The minimum absolute atomic E-state index is 0.0956. The van der Waals surface area contributed by atoms with Crippen molar-refractivity contribution in [2.24, 2.45) is 0 Å². The molecule has 1 saturated heterocycles. The number of nitrogens with one attached hydrogen (secondary N) is 2. The Hall–Kier alpha value is -4.37. The number of rotatable bonds is 7. The van der Waals surface area contributed by atoms with Gasteiger partial charge in [-0.25, -0.2) is 4.39 Å². The molecule has 1 fully saturated rings. The number of pyridine rings is 1. The van der Waals surface area contributed by atoms with Crippen molar-refractivity contribution in [3.8, 4) is 22.8 Å². The number of carbonyl (C=O) groups is 2. The van der Waals surface area contributed by atoms with Gasteiger partial charge >= 0.3 is 0 Å². The molecule has 0 bridgehead atoms.